The van der Waals surface area contributed by atoms with Gasteiger partial charge in [-0.1, -0.05) is 26.7 Å². The molecule has 1 saturated heterocycles. The molecule has 1 aliphatic heterocycles. The lowest BCUT2D eigenvalue weighted by Gasteiger charge is -2.40. The monoisotopic (exact) mass is 279 g/mol. The topological polar surface area (TPSA) is 35.2 Å². The summed E-state index contributed by atoms with van der Waals surface area (Å²) in [5, 5.41) is 0. The summed E-state index contributed by atoms with van der Waals surface area (Å²) in [4.78, 5) is 0. The fourth-order valence-corrected chi connectivity index (χ4v) is 4.97. The summed E-state index contributed by atoms with van der Waals surface area (Å²) in [5.74, 6) is 1.72. The van der Waals surface area contributed by atoms with Gasteiger partial charge in [-0.05, 0) is 69.6 Å². The molecule has 3 rings (SSSR count). The summed E-state index contributed by atoms with van der Waals surface area (Å²) >= 11 is 0. The van der Waals surface area contributed by atoms with Gasteiger partial charge in [-0.2, -0.15) is 0 Å². The van der Waals surface area contributed by atoms with Crippen LogP contribution in [0.25, 0.3) is 0 Å². The number of hydrogen-bond donors (Lipinski definition) is 1. The maximum Gasteiger partial charge on any atom is 0.0687 e. The van der Waals surface area contributed by atoms with Gasteiger partial charge in [-0.3, -0.25) is 0 Å². The van der Waals surface area contributed by atoms with Crippen LogP contribution in [-0.2, 0) is 4.74 Å². The van der Waals surface area contributed by atoms with E-state index in [0.29, 0.717) is 6.10 Å². The van der Waals surface area contributed by atoms with Crippen LogP contribution in [0.3, 0.4) is 0 Å². The Morgan fingerprint density at radius 1 is 1.00 bits per heavy atom. The van der Waals surface area contributed by atoms with Crippen LogP contribution in [0, 0.1) is 11.8 Å². The fourth-order valence-electron chi connectivity index (χ4n) is 4.97. The molecule has 0 aromatic carbocycles. The molecule has 116 valence electrons. The zero-order valence-corrected chi connectivity index (χ0v) is 13.5. The van der Waals surface area contributed by atoms with Crippen LogP contribution in [0.4, 0.5) is 0 Å². The van der Waals surface area contributed by atoms with Crippen LogP contribution in [0.15, 0.2) is 0 Å². The molecule has 0 aromatic heterocycles. The Hall–Kier alpha value is -0.0800. The minimum atomic E-state index is 0.0696. The molecule has 2 nitrogen and oxygen atoms in total. The van der Waals surface area contributed by atoms with Gasteiger partial charge in [0.2, 0.25) is 0 Å². The highest BCUT2D eigenvalue weighted by Crippen LogP contribution is 2.46. The molecule has 3 aliphatic rings. The molecule has 0 aromatic rings. The predicted molar refractivity (Wildman–Crippen MR) is 83.6 cm³/mol. The van der Waals surface area contributed by atoms with Gasteiger partial charge in [-0.15, -0.1) is 0 Å². The Kier molecular flexibility index (Phi) is 4.16. The SMILES string of the molecule is CC(C)C1CCC(N)(CC2CCC3(CCCC3)O2)CC1. The summed E-state index contributed by atoms with van der Waals surface area (Å²) in [6.07, 6.45) is 14.5. The van der Waals surface area contributed by atoms with Crippen molar-refractivity contribution in [2.75, 3.05) is 0 Å². The highest BCUT2D eigenvalue weighted by molar-refractivity contribution is 4.98. The average Bonchev–Trinajstić information content (AvgIpc) is 3.00. The molecule has 20 heavy (non-hydrogen) atoms. The highest BCUT2D eigenvalue weighted by atomic mass is 16.5. The molecule has 0 bridgehead atoms. The molecule has 3 fully saturated rings. The van der Waals surface area contributed by atoms with E-state index in [2.05, 4.69) is 13.8 Å². The van der Waals surface area contributed by atoms with Crippen LogP contribution in [0.5, 0.6) is 0 Å². The minimum absolute atomic E-state index is 0.0696. The maximum atomic E-state index is 6.71. The molecule has 1 unspecified atom stereocenters. The molecule has 1 heterocycles. The molecule has 2 N–H and O–H groups in total. The quantitative estimate of drug-likeness (QED) is 0.830. The number of ether oxygens (including phenoxy) is 1. The van der Waals surface area contributed by atoms with Gasteiger partial charge < -0.3 is 10.5 Å². The van der Waals surface area contributed by atoms with Crippen molar-refractivity contribution >= 4 is 0 Å². The molecular weight excluding hydrogens is 246 g/mol. The van der Waals surface area contributed by atoms with E-state index in [1.807, 2.05) is 0 Å². The first kappa shape index (κ1) is 14.8. The molecule has 2 saturated carbocycles. The smallest absolute Gasteiger partial charge is 0.0687 e. The minimum Gasteiger partial charge on any atom is -0.372 e. The van der Waals surface area contributed by atoms with Crippen molar-refractivity contribution in [3.63, 3.8) is 0 Å². The Morgan fingerprint density at radius 2 is 1.65 bits per heavy atom. The van der Waals surface area contributed by atoms with Crippen LogP contribution < -0.4 is 5.73 Å². The third-order valence-corrected chi connectivity index (χ3v) is 6.46. The van der Waals surface area contributed by atoms with E-state index in [1.54, 1.807) is 0 Å². The van der Waals surface area contributed by atoms with Crippen molar-refractivity contribution in [2.24, 2.45) is 17.6 Å². The lowest BCUT2D eigenvalue weighted by atomic mass is 9.71. The summed E-state index contributed by atoms with van der Waals surface area (Å²) in [6, 6.07) is 0. The van der Waals surface area contributed by atoms with E-state index in [4.69, 9.17) is 10.5 Å². The van der Waals surface area contributed by atoms with Gasteiger partial charge >= 0.3 is 0 Å². The van der Waals surface area contributed by atoms with Crippen LogP contribution in [0.2, 0.25) is 0 Å². The third kappa shape index (κ3) is 3.06. The second-order valence-electron chi connectivity index (χ2n) is 8.32. The standard InChI is InChI=1S/C18H33NO/c1-14(2)15-5-10-17(19,11-6-15)13-16-7-12-18(20-16)8-3-4-9-18/h14-16H,3-13,19H2,1-2H3. The molecule has 0 amide bonds. The average molecular weight is 279 g/mol. The van der Waals surface area contributed by atoms with Gasteiger partial charge in [0.05, 0.1) is 11.7 Å². The van der Waals surface area contributed by atoms with E-state index >= 15 is 0 Å². The zero-order chi connectivity index (χ0) is 14.2. The lowest BCUT2D eigenvalue weighted by molar-refractivity contribution is -0.0493. The van der Waals surface area contributed by atoms with E-state index in [0.717, 1.165) is 18.3 Å². The Balaban J connectivity index is 1.51. The third-order valence-electron chi connectivity index (χ3n) is 6.46. The largest absolute Gasteiger partial charge is 0.372 e. The maximum absolute atomic E-state index is 6.71. The first-order chi connectivity index (χ1) is 9.50. The van der Waals surface area contributed by atoms with Crippen LogP contribution >= 0.6 is 0 Å². The first-order valence-corrected chi connectivity index (χ1v) is 8.97. The van der Waals surface area contributed by atoms with Crippen molar-refractivity contribution in [1.29, 1.82) is 0 Å². The summed E-state index contributed by atoms with van der Waals surface area (Å²) < 4.78 is 6.47. The molecule has 2 aliphatic carbocycles. The van der Waals surface area contributed by atoms with Gasteiger partial charge in [0.25, 0.3) is 0 Å². The first-order valence-electron chi connectivity index (χ1n) is 8.97. The second-order valence-corrected chi connectivity index (χ2v) is 8.32. The van der Waals surface area contributed by atoms with Crippen molar-refractivity contribution in [1.82, 2.24) is 0 Å². The van der Waals surface area contributed by atoms with E-state index in [1.165, 1.54) is 64.2 Å². The zero-order valence-electron chi connectivity index (χ0n) is 13.5. The van der Waals surface area contributed by atoms with E-state index in [-0.39, 0.29) is 11.1 Å². The van der Waals surface area contributed by atoms with Gasteiger partial charge in [-0.25, -0.2) is 0 Å². The van der Waals surface area contributed by atoms with Crippen LogP contribution in [0.1, 0.15) is 84.5 Å². The van der Waals surface area contributed by atoms with Crippen molar-refractivity contribution in [3.05, 3.63) is 0 Å². The molecule has 1 atom stereocenters. The molecule has 1 spiro atoms. The van der Waals surface area contributed by atoms with Crippen LogP contribution in [-0.4, -0.2) is 17.2 Å². The molecule has 0 radical (unpaired) electrons. The van der Waals surface area contributed by atoms with Gasteiger partial charge in [0.1, 0.15) is 0 Å². The van der Waals surface area contributed by atoms with E-state index in [9.17, 15) is 0 Å². The Bertz CT molecular complexity index is 324. The van der Waals surface area contributed by atoms with Crippen molar-refractivity contribution in [3.8, 4) is 0 Å². The van der Waals surface area contributed by atoms with Gasteiger partial charge in [0.15, 0.2) is 0 Å². The lowest BCUT2D eigenvalue weighted by Crippen LogP contribution is -2.46. The molecular formula is C18H33NO. The summed E-state index contributed by atoms with van der Waals surface area (Å²) in [6.45, 7) is 4.72. The van der Waals surface area contributed by atoms with Crippen molar-refractivity contribution in [2.45, 2.75) is 102 Å². The number of nitrogens with two attached hydrogens (primary N) is 1. The number of rotatable bonds is 3. The van der Waals surface area contributed by atoms with E-state index < -0.39 is 0 Å². The highest BCUT2D eigenvalue weighted by Gasteiger charge is 2.44. The van der Waals surface area contributed by atoms with Gasteiger partial charge in [0, 0.05) is 5.54 Å². The Morgan fingerprint density at radius 3 is 2.25 bits per heavy atom. The Labute approximate surface area is 124 Å². The molecule has 2 heteroatoms. The normalized spacial score (nSPS) is 40.8. The fraction of sp³-hybridized carbons (Fsp3) is 1.00. The summed E-state index contributed by atoms with van der Waals surface area (Å²) in [7, 11) is 0. The summed E-state index contributed by atoms with van der Waals surface area (Å²) in [5.41, 5.74) is 7.05. The predicted octanol–water partition coefficient (Wildman–Crippen LogP) is 4.41. The second kappa shape index (κ2) is 5.61. The van der Waals surface area contributed by atoms with Crippen molar-refractivity contribution < 1.29 is 4.74 Å². The number of hydrogen-bond acceptors (Lipinski definition) is 2.